The first-order valence-electron chi connectivity index (χ1n) is 23.9. The molecular formula is C62H58IrN4OSi-2. The minimum absolute atomic E-state index is 0. The van der Waals surface area contributed by atoms with Crippen LogP contribution in [0.2, 0.25) is 19.6 Å². The van der Waals surface area contributed by atoms with E-state index < -0.39 is 8.07 Å². The van der Waals surface area contributed by atoms with Crippen LogP contribution >= 0.6 is 0 Å². The van der Waals surface area contributed by atoms with Crippen molar-refractivity contribution >= 4 is 67.8 Å². The molecule has 0 amide bonds. The molecule has 0 bridgehead atoms. The Balaban J connectivity index is 0.000000296. The van der Waals surface area contributed by atoms with Gasteiger partial charge in [-0.1, -0.05) is 158 Å². The molecule has 347 valence electrons. The second kappa shape index (κ2) is 18.8. The third-order valence-electron chi connectivity index (χ3n) is 13.2. The zero-order valence-electron chi connectivity index (χ0n) is 41.2. The van der Waals surface area contributed by atoms with E-state index in [2.05, 4.69) is 216 Å². The molecule has 11 aromatic rings. The summed E-state index contributed by atoms with van der Waals surface area (Å²) < 4.78 is 9.46. The molecule has 0 saturated heterocycles. The molecule has 69 heavy (non-hydrogen) atoms. The van der Waals surface area contributed by atoms with Gasteiger partial charge in [-0.2, -0.15) is 0 Å². The number of nitrogens with zero attached hydrogens (tertiary/aromatic N) is 4. The molecule has 1 radical (unpaired) electrons. The molecule has 11 rings (SSSR count). The summed E-state index contributed by atoms with van der Waals surface area (Å²) in [5.41, 5.74) is 12.9. The number of hydrogen-bond acceptors (Lipinski definition) is 4. The first-order chi connectivity index (χ1) is 32.7. The zero-order chi connectivity index (χ0) is 47.5. The maximum Gasteiger partial charge on any atom is 0.121 e. The van der Waals surface area contributed by atoms with Crippen molar-refractivity contribution in [3.8, 4) is 39.6 Å². The van der Waals surface area contributed by atoms with Gasteiger partial charge in [-0.15, -0.1) is 53.6 Å². The Morgan fingerprint density at radius 3 is 1.96 bits per heavy atom. The van der Waals surface area contributed by atoms with E-state index in [0.29, 0.717) is 0 Å². The molecular weight excluding hydrogens is 1040 g/mol. The monoisotopic (exact) mass is 1100 g/mol. The molecule has 3 aromatic heterocycles. The standard InChI is InChI=1S/C49H43N2O.C13H15N2Si.Ir/c1-29(2)37-26-34(31-15-9-8-10-16-31)27-38(30(3)4)46(37)51-43-20-14-13-19-42(43)50-48(51)36-23-24-41(49(5,6)7)45-40-25-33-22-21-32-17-11-12-18-35(32)39(33)28-44(40)52-47(36)45;1-16(2,3)12-9-14-13(15-10-12)11-7-5-4-6-8-11;/h8-22,24-30H,1-7H3;4-7,9-10H,1-3H3;/q2*-1;. The van der Waals surface area contributed by atoms with Gasteiger partial charge >= 0.3 is 0 Å². The fourth-order valence-corrected chi connectivity index (χ4v) is 10.4. The van der Waals surface area contributed by atoms with Gasteiger partial charge in [0, 0.05) is 43.6 Å². The van der Waals surface area contributed by atoms with E-state index in [1.807, 2.05) is 36.7 Å². The second-order valence-corrected chi connectivity index (χ2v) is 25.8. The van der Waals surface area contributed by atoms with Gasteiger partial charge in [0.05, 0.1) is 36.3 Å². The number of para-hydroxylation sites is 2. The summed E-state index contributed by atoms with van der Waals surface area (Å²) in [4.78, 5) is 14.2. The molecule has 0 aliphatic heterocycles. The van der Waals surface area contributed by atoms with Crippen LogP contribution in [0.25, 0.3) is 94.1 Å². The Hall–Kier alpha value is -6.50. The van der Waals surface area contributed by atoms with Crippen molar-refractivity contribution in [1.29, 1.82) is 0 Å². The molecule has 0 fully saturated rings. The summed E-state index contributed by atoms with van der Waals surface area (Å²) in [7, 11) is -1.29. The first kappa shape index (κ1) is 47.6. The predicted molar refractivity (Wildman–Crippen MR) is 289 cm³/mol. The Bertz CT molecular complexity index is 3610. The molecule has 7 heteroatoms. The third-order valence-corrected chi connectivity index (χ3v) is 15.2. The first-order valence-corrected chi connectivity index (χ1v) is 27.4. The molecule has 8 aromatic carbocycles. The van der Waals surface area contributed by atoms with E-state index >= 15 is 0 Å². The number of fused-ring (bicyclic) bond motifs is 7. The summed E-state index contributed by atoms with van der Waals surface area (Å²) in [6.07, 6.45) is 3.91. The second-order valence-electron chi connectivity index (χ2n) is 20.7. The predicted octanol–water partition coefficient (Wildman–Crippen LogP) is 16.4. The van der Waals surface area contributed by atoms with Crippen molar-refractivity contribution in [3.63, 3.8) is 0 Å². The number of hydrogen-bond donors (Lipinski definition) is 0. The van der Waals surface area contributed by atoms with E-state index in [1.165, 1.54) is 60.2 Å². The van der Waals surface area contributed by atoms with Gasteiger partial charge in [-0.05, 0) is 103 Å². The van der Waals surface area contributed by atoms with Gasteiger partial charge in [-0.3, -0.25) is 15.0 Å². The van der Waals surface area contributed by atoms with Crippen molar-refractivity contribution < 1.29 is 24.5 Å². The van der Waals surface area contributed by atoms with E-state index in [9.17, 15) is 0 Å². The van der Waals surface area contributed by atoms with Crippen molar-refractivity contribution in [2.75, 3.05) is 0 Å². The number of rotatable bonds is 7. The van der Waals surface area contributed by atoms with Crippen LogP contribution in [-0.4, -0.2) is 27.6 Å². The summed E-state index contributed by atoms with van der Waals surface area (Å²) in [6, 6.07) is 58.5. The maximum atomic E-state index is 7.07. The van der Waals surface area contributed by atoms with Crippen LogP contribution in [0.5, 0.6) is 0 Å². The van der Waals surface area contributed by atoms with Gasteiger partial charge in [0.2, 0.25) is 0 Å². The van der Waals surface area contributed by atoms with Crippen LogP contribution in [0.1, 0.15) is 77.0 Å². The average Bonchev–Trinajstić information content (AvgIpc) is 3.91. The van der Waals surface area contributed by atoms with Gasteiger partial charge in [0.15, 0.2) is 0 Å². The minimum Gasteiger partial charge on any atom is -0.501 e. The maximum absolute atomic E-state index is 7.07. The molecule has 0 aliphatic carbocycles. The van der Waals surface area contributed by atoms with E-state index in [-0.39, 0.29) is 37.4 Å². The fraction of sp³-hybridized carbons (Fsp3) is 0.210. The molecule has 0 spiro atoms. The van der Waals surface area contributed by atoms with Crippen molar-refractivity contribution in [1.82, 2.24) is 19.5 Å². The molecule has 3 heterocycles. The fourth-order valence-electron chi connectivity index (χ4n) is 9.50. The number of aromatic nitrogens is 4. The van der Waals surface area contributed by atoms with Crippen LogP contribution in [0.4, 0.5) is 0 Å². The Morgan fingerprint density at radius 2 is 1.29 bits per heavy atom. The number of furan rings is 1. The largest absolute Gasteiger partial charge is 0.501 e. The van der Waals surface area contributed by atoms with Gasteiger partial charge < -0.3 is 8.98 Å². The van der Waals surface area contributed by atoms with Crippen molar-refractivity contribution in [2.45, 2.75) is 85.4 Å². The normalized spacial score (nSPS) is 12.1. The zero-order valence-corrected chi connectivity index (χ0v) is 44.6. The Labute approximate surface area is 421 Å². The van der Waals surface area contributed by atoms with Crippen molar-refractivity contribution in [3.05, 3.63) is 187 Å². The molecule has 0 saturated carbocycles. The minimum atomic E-state index is -1.29. The van der Waals surface area contributed by atoms with Gasteiger partial charge in [-0.25, -0.2) is 0 Å². The van der Waals surface area contributed by atoms with Crippen LogP contribution < -0.4 is 5.19 Å². The Morgan fingerprint density at radius 1 is 0.638 bits per heavy atom. The summed E-state index contributed by atoms with van der Waals surface area (Å²) in [5.74, 6) is 2.14. The SMILES string of the molecule is CC(C)c1cc(-c2ccccc2)cc(C(C)C)c1-n1c(-c2[c-]cc(C(C)(C)C)c3c2oc2cc4c(ccc5ccccc54)cc23)nc2ccccc21.C[Si](C)(C)c1cnc(-c2[c-]cccc2)nc1.[Ir]. The summed E-state index contributed by atoms with van der Waals surface area (Å²) in [6.45, 7) is 22.9. The van der Waals surface area contributed by atoms with E-state index in [0.717, 1.165) is 55.7 Å². The number of benzene rings is 8. The quantitative estimate of drug-likeness (QED) is 0.0907. The topological polar surface area (TPSA) is 56.7 Å². The van der Waals surface area contributed by atoms with E-state index in [4.69, 9.17) is 9.40 Å². The molecule has 0 aliphatic rings. The third kappa shape index (κ3) is 9.00. The Kier molecular flexibility index (Phi) is 12.9. The van der Waals surface area contributed by atoms with Crippen molar-refractivity contribution in [2.24, 2.45) is 0 Å². The summed E-state index contributed by atoms with van der Waals surface area (Å²) in [5, 5.41) is 8.40. The van der Waals surface area contributed by atoms with Crippen LogP contribution in [0.3, 0.4) is 0 Å². The number of imidazole rings is 1. The summed E-state index contributed by atoms with van der Waals surface area (Å²) >= 11 is 0. The van der Waals surface area contributed by atoms with Crippen LogP contribution in [0, 0.1) is 12.1 Å². The smallest absolute Gasteiger partial charge is 0.121 e. The average molecular weight is 1100 g/mol. The molecule has 0 atom stereocenters. The molecule has 5 nitrogen and oxygen atoms in total. The van der Waals surface area contributed by atoms with Crippen LogP contribution in [0.15, 0.2) is 162 Å². The van der Waals surface area contributed by atoms with Crippen LogP contribution in [-0.2, 0) is 25.5 Å². The molecule has 0 N–H and O–H groups in total. The molecule has 0 unspecified atom stereocenters. The van der Waals surface area contributed by atoms with Gasteiger partial charge in [0.25, 0.3) is 0 Å². The van der Waals surface area contributed by atoms with E-state index in [1.54, 1.807) is 0 Å². The van der Waals surface area contributed by atoms with Gasteiger partial charge in [0.1, 0.15) is 5.58 Å².